The van der Waals surface area contributed by atoms with Crippen LogP contribution < -0.4 is 4.74 Å². The van der Waals surface area contributed by atoms with Crippen molar-refractivity contribution in [3.63, 3.8) is 0 Å². The first-order valence-electron chi connectivity index (χ1n) is 13.6. The first-order chi connectivity index (χ1) is 20.5. The molecule has 12 heteroatoms. The van der Waals surface area contributed by atoms with E-state index in [1.807, 2.05) is 36.4 Å². The maximum absolute atomic E-state index is 13.7. The predicted octanol–water partition coefficient (Wildman–Crippen LogP) is 2.44. The lowest BCUT2D eigenvalue weighted by Crippen LogP contribution is -2.76. The fourth-order valence-electron chi connectivity index (χ4n) is 4.96. The second kappa shape index (κ2) is 14.0. The van der Waals surface area contributed by atoms with Gasteiger partial charge in [0.1, 0.15) is 18.5 Å². The van der Waals surface area contributed by atoms with Gasteiger partial charge in [-0.3, -0.25) is 28.9 Å². The van der Waals surface area contributed by atoms with E-state index in [0.717, 1.165) is 26.3 Å². The molecular formula is C31H33NO11. The van der Waals surface area contributed by atoms with Crippen molar-refractivity contribution in [1.82, 2.24) is 4.90 Å². The number of ether oxygens (including phenoxy) is 6. The van der Waals surface area contributed by atoms with E-state index in [0.29, 0.717) is 5.75 Å². The van der Waals surface area contributed by atoms with E-state index < -0.39 is 79.2 Å². The number of amides is 1. The van der Waals surface area contributed by atoms with Crippen molar-refractivity contribution in [3.05, 3.63) is 72.3 Å². The zero-order valence-corrected chi connectivity index (χ0v) is 24.1. The number of hydrogen-bond acceptors (Lipinski definition) is 11. The molecule has 12 nitrogen and oxygen atoms in total. The molecule has 0 N–H and O–H groups in total. The lowest BCUT2D eigenvalue weighted by molar-refractivity contribution is -0.287. The minimum Gasteiger partial charge on any atom is -0.478 e. The van der Waals surface area contributed by atoms with Gasteiger partial charge in [0.05, 0.1) is 6.04 Å². The fourth-order valence-corrected chi connectivity index (χ4v) is 4.96. The van der Waals surface area contributed by atoms with Gasteiger partial charge in [-0.25, -0.2) is 0 Å². The number of carbonyl (C=O) groups is 5. The Balaban J connectivity index is 1.75. The molecule has 2 saturated heterocycles. The van der Waals surface area contributed by atoms with Crippen LogP contribution in [0, 0.1) is 0 Å². The average molecular weight is 596 g/mol. The Morgan fingerprint density at radius 2 is 1.33 bits per heavy atom. The lowest BCUT2D eigenvalue weighted by atomic mass is 9.90. The molecule has 1 amide bonds. The van der Waals surface area contributed by atoms with Crippen molar-refractivity contribution in [2.24, 2.45) is 0 Å². The molecule has 4 rings (SSSR count). The summed E-state index contributed by atoms with van der Waals surface area (Å²) in [7, 11) is 0. The fraction of sp³-hybridized carbons (Fsp3) is 0.387. The zero-order chi connectivity index (χ0) is 31.1. The SMILES string of the molecule is CC(=O)OCC1OC(N2C(=O)C(Oc3ccccc3)C2/C=C/c2ccccc2)C(OC(C)=O)C(OC(C)=O)C1OC(C)=O. The first-order valence-corrected chi connectivity index (χ1v) is 13.6. The molecule has 0 radical (unpaired) electrons. The Labute approximate surface area is 248 Å². The molecule has 0 aromatic heterocycles. The third kappa shape index (κ3) is 7.77. The Morgan fingerprint density at radius 1 is 0.767 bits per heavy atom. The van der Waals surface area contributed by atoms with Crippen molar-refractivity contribution in [1.29, 1.82) is 0 Å². The molecule has 7 atom stereocenters. The highest BCUT2D eigenvalue weighted by Gasteiger charge is 2.60. The molecule has 0 bridgehead atoms. The lowest BCUT2D eigenvalue weighted by Gasteiger charge is -2.54. The normalized spacial score (nSPS) is 26.7. The summed E-state index contributed by atoms with van der Waals surface area (Å²) < 4.78 is 34.0. The number of likely N-dealkylation sites (tertiary alicyclic amines) is 1. The highest BCUT2D eigenvalue weighted by atomic mass is 16.7. The minimum atomic E-state index is -1.42. The minimum absolute atomic E-state index is 0.412. The number of hydrogen-bond donors (Lipinski definition) is 0. The van der Waals surface area contributed by atoms with Crippen LogP contribution in [0.5, 0.6) is 5.75 Å². The van der Waals surface area contributed by atoms with E-state index in [-0.39, 0.29) is 0 Å². The summed E-state index contributed by atoms with van der Waals surface area (Å²) in [6.45, 7) is 4.17. The third-order valence-corrected chi connectivity index (χ3v) is 6.66. The molecular weight excluding hydrogens is 562 g/mol. The number of rotatable bonds is 10. The maximum atomic E-state index is 13.7. The van der Waals surface area contributed by atoms with Crippen molar-refractivity contribution in [2.75, 3.05) is 6.61 Å². The standard InChI is InChI=1S/C31H33NO11/c1-18(33)38-17-25-27(39-19(2)34)28(40-20(3)35)29(41-21(4)36)31(43-25)32-24(16-15-22-11-7-5-8-12-22)26(30(32)37)42-23-13-9-6-10-14-23/h5-16,24-29,31H,17H2,1-4H3/b16-15+. The highest BCUT2D eigenvalue weighted by molar-refractivity contribution is 5.90. The number of β-lactam (4-membered cyclic amide) rings is 1. The molecule has 0 spiro atoms. The van der Waals surface area contributed by atoms with Crippen LogP contribution in [-0.2, 0) is 47.7 Å². The van der Waals surface area contributed by atoms with Crippen LogP contribution in [0.25, 0.3) is 6.08 Å². The summed E-state index contributed by atoms with van der Waals surface area (Å²) in [6.07, 6.45) is -4.15. The van der Waals surface area contributed by atoms with Gasteiger partial charge in [-0.05, 0) is 17.7 Å². The molecule has 228 valence electrons. The largest absolute Gasteiger partial charge is 0.478 e. The van der Waals surface area contributed by atoms with Gasteiger partial charge in [0.15, 0.2) is 24.5 Å². The highest BCUT2D eigenvalue weighted by Crippen LogP contribution is 2.37. The monoisotopic (exact) mass is 595 g/mol. The van der Waals surface area contributed by atoms with Gasteiger partial charge in [0.25, 0.3) is 5.91 Å². The van der Waals surface area contributed by atoms with E-state index in [9.17, 15) is 24.0 Å². The summed E-state index contributed by atoms with van der Waals surface area (Å²) in [5.74, 6) is -2.98. The van der Waals surface area contributed by atoms with Crippen molar-refractivity contribution >= 4 is 35.9 Å². The smallest absolute Gasteiger partial charge is 0.303 e. The van der Waals surface area contributed by atoms with E-state index >= 15 is 0 Å². The van der Waals surface area contributed by atoms with Crippen LogP contribution in [0.15, 0.2) is 66.7 Å². The van der Waals surface area contributed by atoms with E-state index in [1.54, 1.807) is 36.4 Å². The number of esters is 4. The second-order valence-electron chi connectivity index (χ2n) is 9.95. The number of para-hydroxylation sites is 1. The molecule has 43 heavy (non-hydrogen) atoms. The Kier molecular flexibility index (Phi) is 10.1. The van der Waals surface area contributed by atoms with E-state index in [4.69, 9.17) is 28.4 Å². The summed E-state index contributed by atoms with van der Waals surface area (Å²) >= 11 is 0. The number of carbonyl (C=O) groups excluding carboxylic acids is 5. The molecule has 2 heterocycles. The van der Waals surface area contributed by atoms with E-state index in [2.05, 4.69) is 0 Å². The molecule has 0 aliphatic carbocycles. The van der Waals surface area contributed by atoms with Gasteiger partial charge in [0.2, 0.25) is 6.10 Å². The molecule has 2 aliphatic heterocycles. The average Bonchev–Trinajstić information content (AvgIpc) is 2.96. The molecule has 2 aromatic rings. The summed E-state index contributed by atoms with van der Waals surface area (Å²) in [4.78, 5) is 63.3. The molecule has 2 aliphatic rings. The van der Waals surface area contributed by atoms with Crippen LogP contribution >= 0.6 is 0 Å². The van der Waals surface area contributed by atoms with Gasteiger partial charge in [-0.15, -0.1) is 0 Å². The van der Waals surface area contributed by atoms with Gasteiger partial charge in [-0.2, -0.15) is 0 Å². The topological polar surface area (TPSA) is 144 Å². The Bertz CT molecular complexity index is 1350. The summed E-state index contributed by atoms with van der Waals surface area (Å²) in [6, 6.07) is 17.4. The van der Waals surface area contributed by atoms with Crippen molar-refractivity contribution in [3.8, 4) is 5.75 Å². The van der Waals surface area contributed by atoms with Gasteiger partial charge in [0, 0.05) is 27.7 Å². The predicted molar refractivity (Wildman–Crippen MR) is 149 cm³/mol. The molecule has 2 aromatic carbocycles. The van der Waals surface area contributed by atoms with Crippen molar-refractivity contribution in [2.45, 2.75) is 70.5 Å². The first kappa shape index (κ1) is 31.2. The third-order valence-electron chi connectivity index (χ3n) is 6.66. The van der Waals surface area contributed by atoms with Crippen LogP contribution in [0.4, 0.5) is 0 Å². The van der Waals surface area contributed by atoms with Crippen LogP contribution in [0.3, 0.4) is 0 Å². The van der Waals surface area contributed by atoms with E-state index in [1.165, 1.54) is 11.8 Å². The summed E-state index contributed by atoms with van der Waals surface area (Å²) in [5, 5.41) is 0. The van der Waals surface area contributed by atoms with Gasteiger partial charge in [-0.1, -0.05) is 60.7 Å². The maximum Gasteiger partial charge on any atom is 0.303 e. The van der Waals surface area contributed by atoms with Crippen LogP contribution in [-0.4, -0.2) is 84.1 Å². The van der Waals surface area contributed by atoms with Crippen molar-refractivity contribution < 1.29 is 52.4 Å². The quantitative estimate of drug-likeness (QED) is 0.227. The summed E-state index contributed by atoms with van der Waals surface area (Å²) in [5.41, 5.74) is 0.849. The number of benzene rings is 2. The van der Waals surface area contributed by atoms with Crippen LogP contribution in [0.1, 0.15) is 33.3 Å². The molecule has 2 fully saturated rings. The second-order valence-corrected chi connectivity index (χ2v) is 9.95. The molecule has 0 saturated carbocycles. The molecule has 7 unspecified atom stereocenters. The Morgan fingerprint density at radius 3 is 1.91 bits per heavy atom. The zero-order valence-electron chi connectivity index (χ0n) is 24.1. The van der Waals surface area contributed by atoms with Crippen LogP contribution in [0.2, 0.25) is 0 Å². The van der Waals surface area contributed by atoms with Gasteiger partial charge < -0.3 is 28.4 Å². The Hall–Kier alpha value is -4.71. The van der Waals surface area contributed by atoms with Gasteiger partial charge >= 0.3 is 23.9 Å². The number of nitrogens with zero attached hydrogens (tertiary/aromatic N) is 1.